The zero-order valence-electron chi connectivity index (χ0n) is 19.9. The van der Waals surface area contributed by atoms with E-state index in [4.69, 9.17) is 34.8 Å². The Morgan fingerprint density at radius 3 is 1.92 bits per heavy atom. The van der Waals surface area contributed by atoms with E-state index in [9.17, 15) is 13.2 Å². The SMILES string of the molecule is FC(F)(F)SN1CCC(Nc2nc(Cl)nc3ccc(C(c4ccc(Cl)cc4)c4ccc(Cl)cc4)cc23)CC1. The lowest BCUT2D eigenvalue weighted by Gasteiger charge is -2.32. The van der Waals surface area contributed by atoms with E-state index in [1.165, 1.54) is 4.31 Å². The summed E-state index contributed by atoms with van der Waals surface area (Å²) in [6.45, 7) is 0.637. The summed E-state index contributed by atoms with van der Waals surface area (Å²) in [6, 6.07) is 21.3. The molecule has 0 radical (unpaired) electrons. The Kier molecular flexibility index (Phi) is 8.26. The van der Waals surface area contributed by atoms with E-state index in [1.807, 2.05) is 66.7 Å². The average molecular weight is 598 g/mol. The number of piperidine rings is 1. The second-order valence-corrected chi connectivity index (χ2v) is 11.4. The van der Waals surface area contributed by atoms with Crippen LogP contribution in [0.5, 0.6) is 0 Å². The fourth-order valence-corrected chi connectivity index (χ4v) is 5.84. The maximum atomic E-state index is 12.8. The summed E-state index contributed by atoms with van der Waals surface area (Å²) in [7, 11) is 0. The lowest BCUT2D eigenvalue weighted by molar-refractivity contribution is -0.0366. The maximum absolute atomic E-state index is 12.8. The highest BCUT2D eigenvalue weighted by Crippen LogP contribution is 2.37. The molecule has 198 valence electrons. The van der Waals surface area contributed by atoms with E-state index in [0.717, 1.165) is 22.1 Å². The summed E-state index contributed by atoms with van der Waals surface area (Å²) >= 11 is 18.5. The highest BCUT2D eigenvalue weighted by Gasteiger charge is 2.34. The number of anilines is 1. The molecule has 5 rings (SSSR count). The molecule has 3 aromatic carbocycles. The van der Waals surface area contributed by atoms with Crippen LogP contribution >= 0.6 is 46.8 Å². The second-order valence-electron chi connectivity index (χ2n) is 9.04. The number of hydrogen-bond acceptors (Lipinski definition) is 5. The van der Waals surface area contributed by atoms with E-state index in [0.29, 0.717) is 47.3 Å². The number of alkyl halides is 3. The molecule has 0 spiro atoms. The summed E-state index contributed by atoms with van der Waals surface area (Å²) in [4.78, 5) is 8.85. The minimum Gasteiger partial charge on any atom is -0.367 e. The van der Waals surface area contributed by atoms with Crippen LogP contribution in [-0.4, -0.2) is 38.9 Å². The Hall–Kier alpha value is -2.23. The highest BCUT2D eigenvalue weighted by molar-refractivity contribution is 7.97. The molecule has 4 nitrogen and oxygen atoms in total. The average Bonchev–Trinajstić information content (AvgIpc) is 2.87. The Bertz CT molecular complexity index is 1370. The molecule has 11 heteroatoms. The number of fused-ring (bicyclic) bond motifs is 1. The van der Waals surface area contributed by atoms with Crippen molar-refractivity contribution in [3.63, 3.8) is 0 Å². The van der Waals surface area contributed by atoms with Crippen molar-refractivity contribution >= 4 is 63.5 Å². The molecule has 1 N–H and O–H groups in total. The van der Waals surface area contributed by atoms with Crippen molar-refractivity contribution in [3.05, 3.63) is 98.7 Å². The molecule has 4 aromatic rings. The minimum atomic E-state index is -4.28. The molecule has 1 aromatic heterocycles. The monoisotopic (exact) mass is 596 g/mol. The van der Waals surface area contributed by atoms with Crippen LogP contribution in [-0.2, 0) is 0 Å². The topological polar surface area (TPSA) is 41.0 Å². The third-order valence-corrected chi connectivity index (χ3v) is 7.96. The van der Waals surface area contributed by atoms with Crippen LogP contribution in [0.25, 0.3) is 10.9 Å². The third-order valence-electron chi connectivity index (χ3n) is 6.46. The number of halogens is 6. The van der Waals surface area contributed by atoms with Crippen LogP contribution in [0.3, 0.4) is 0 Å². The van der Waals surface area contributed by atoms with Gasteiger partial charge >= 0.3 is 5.51 Å². The van der Waals surface area contributed by atoms with E-state index < -0.39 is 5.51 Å². The Morgan fingerprint density at radius 2 is 1.37 bits per heavy atom. The van der Waals surface area contributed by atoms with Crippen LogP contribution in [0.1, 0.15) is 35.4 Å². The van der Waals surface area contributed by atoms with Gasteiger partial charge in [-0.05, 0) is 77.5 Å². The summed E-state index contributed by atoms with van der Waals surface area (Å²) in [5.74, 6) is 0.454. The van der Waals surface area contributed by atoms with Gasteiger partial charge < -0.3 is 5.32 Å². The number of hydrogen-bond donors (Lipinski definition) is 1. The zero-order chi connectivity index (χ0) is 26.9. The second kappa shape index (κ2) is 11.5. The van der Waals surface area contributed by atoms with Crippen molar-refractivity contribution < 1.29 is 13.2 Å². The van der Waals surface area contributed by atoms with E-state index in [2.05, 4.69) is 15.3 Å². The normalized spacial score (nSPS) is 15.3. The van der Waals surface area contributed by atoms with Crippen molar-refractivity contribution in [2.45, 2.75) is 30.3 Å². The molecular weight excluding hydrogens is 576 g/mol. The standard InChI is InChI=1S/C27H22Cl3F3N4S/c28-19-6-1-16(2-7-19)24(17-3-8-20(29)9-4-17)18-5-10-23-22(15-18)25(36-26(30)35-23)34-21-11-13-37(14-12-21)38-27(31,32)33/h1-10,15,21,24H,11-14H2,(H,34,35,36). The lowest BCUT2D eigenvalue weighted by atomic mass is 9.84. The predicted molar refractivity (Wildman–Crippen MR) is 150 cm³/mol. The first-order valence-electron chi connectivity index (χ1n) is 11.9. The number of rotatable bonds is 6. The van der Waals surface area contributed by atoms with Crippen LogP contribution in [0, 0.1) is 0 Å². The van der Waals surface area contributed by atoms with Crippen molar-refractivity contribution in [1.29, 1.82) is 0 Å². The summed E-state index contributed by atoms with van der Waals surface area (Å²) in [5.41, 5.74) is -0.498. The first-order chi connectivity index (χ1) is 18.1. The fraction of sp³-hybridized carbons (Fsp3) is 0.259. The first kappa shape index (κ1) is 27.3. The van der Waals surface area contributed by atoms with Gasteiger partial charge in [-0.25, -0.2) is 14.3 Å². The zero-order valence-corrected chi connectivity index (χ0v) is 22.9. The van der Waals surface area contributed by atoms with Gasteiger partial charge in [-0.3, -0.25) is 0 Å². The molecule has 0 amide bonds. The van der Waals surface area contributed by atoms with Crippen LogP contribution in [0.15, 0.2) is 66.7 Å². The fourth-order valence-electron chi connectivity index (χ4n) is 4.73. The quantitative estimate of drug-likeness (QED) is 0.137. The van der Waals surface area contributed by atoms with E-state index in [-0.39, 0.29) is 29.2 Å². The molecule has 0 bridgehead atoms. The summed E-state index contributed by atoms with van der Waals surface area (Å²) in [6.07, 6.45) is 1.09. The van der Waals surface area contributed by atoms with Gasteiger partial charge in [0.15, 0.2) is 0 Å². The number of nitrogens with zero attached hydrogens (tertiary/aromatic N) is 3. The maximum Gasteiger partial charge on any atom is 0.456 e. The Labute approximate surface area is 237 Å². The Morgan fingerprint density at radius 1 is 0.816 bits per heavy atom. The smallest absolute Gasteiger partial charge is 0.367 e. The van der Waals surface area contributed by atoms with Gasteiger partial charge in [0, 0.05) is 52.4 Å². The van der Waals surface area contributed by atoms with Gasteiger partial charge in [-0.15, -0.1) is 0 Å². The molecule has 38 heavy (non-hydrogen) atoms. The van der Waals surface area contributed by atoms with Gasteiger partial charge in [0.1, 0.15) is 5.82 Å². The molecule has 0 atom stereocenters. The van der Waals surface area contributed by atoms with Gasteiger partial charge in [-0.2, -0.15) is 13.2 Å². The lowest BCUT2D eigenvalue weighted by Crippen LogP contribution is -2.37. The van der Waals surface area contributed by atoms with Gasteiger partial charge in [-0.1, -0.05) is 53.5 Å². The molecule has 0 unspecified atom stereocenters. The molecule has 0 aliphatic carbocycles. The number of benzene rings is 3. The molecule has 1 saturated heterocycles. The molecule has 0 saturated carbocycles. The summed E-state index contributed by atoms with van der Waals surface area (Å²) < 4.78 is 39.6. The highest BCUT2D eigenvalue weighted by atomic mass is 35.5. The van der Waals surface area contributed by atoms with Crippen molar-refractivity contribution in [1.82, 2.24) is 14.3 Å². The van der Waals surface area contributed by atoms with E-state index >= 15 is 0 Å². The van der Waals surface area contributed by atoms with Crippen LogP contribution in [0.2, 0.25) is 15.3 Å². The number of nitrogens with one attached hydrogen (secondary N) is 1. The molecule has 1 aliphatic rings. The van der Waals surface area contributed by atoms with Crippen molar-refractivity contribution in [2.24, 2.45) is 0 Å². The van der Waals surface area contributed by atoms with E-state index in [1.54, 1.807) is 0 Å². The molecular formula is C27H22Cl3F3N4S. The molecule has 2 heterocycles. The third kappa shape index (κ3) is 6.66. The van der Waals surface area contributed by atoms with Crippen molar-refractivity contribution in [3.8, 4) is 0 Å². The number of aromatic nitrogens is 2. The Balaban J connectivity index is 1.48. The van der Waals surface area contributed by atoms with Crippen LogP contribution in [0.4, 0.5) is 19.0 Å². The predicted octanol–water partition coefficient (Wildman–Crippen LogP) is 8.81. The largest absolute Gasteiger partial charge is 0.456 e. The van der Waals surface area contributed by atoms with Crippen LogP contribution < -0.4 is 5.32 Å². The van der Waals surface area contributed by atoms with Gasteiger partial charge in [0.2, 0.25) is 5.28 Å². The van der Waals surface area contributed by atoms with Crippen molar-refractivity contribution in [2.75, 3.05) is 18.4 Å². The minimum absolute atomic E-state index is 0.0405. The molecule has 1 aliphatic heterocycles. The van der Waals surface area contributed by atoms with Gasteiger partial charge in [0.05, 0.1) is 5.52 Å². The molecule has 1 fully saturated rings. The van der Waals surface area contributed by atoms with Gasteiger partial charge in [0.25, 0.3) is 0 Å². The summed E-state index contributed by atoms with van der Waals surface area (Å²) in [5, 5.41) is 5.61. The first-order valence-corrected chi connectivity index (χ1v) is 13.8.